The molecule has 1 N–H and O–H groups in total. The number of benzene rings is 1. The van der Waals surface area contributed by atoms with Crippen LogP contribution >= 0.6 is 15.9 Å². The predicted molar refractivity (Wildman–Crippen MR) is 68.4 cm³/mol. The lowest BCUT2D eigenvalue weighted by atomic mass is 9.83. The smallest absolute Gasteiger partial charge is 0.252 e. The van der Waals surface area contributed by atoms with Gasteiger partial charge >= 0.3 is 0 Å². The highest BCUT2D eigenvalue weighted by atomic mass is 79.9. The number of hydrogen-bond acceptors (Lipinski definition) is 1. The van der Waals surface area contributed by atoms with Crippen molar-refractivity contribution in [1.29, 1.82) is 0 Å². The monoisotopic (exact) mass is 299 g/mol. The van der Waals surface area contributed by atoms with Crippen LogP contribution in [-0.4, -0.2) is 12.5 Å². The SMILES string of the molecule is O=C(NCCC1CCC1)c1cc(F)ccc1Br. The van der Waals surface area contributed by atoms with Crippen LogP contribution in [0.5, 0.6) is 0 Å². The summed E-state index contributed by atoms with van der Waals surface area (Å²) in [5, 5.41) is 2.83. The maximum Gasteiger partial charge on any atom is 0.252 e. The van der Waals surface area contributed by atoms with Gasteiger partial charge in [0.15, 0.2) is 0 Å². The summed E-state index contributed by atoms with van der Waals surface area (Å²) < 4.78 is 13.6. The molecule has 0 bridgehead atoms. The minimum Gasteiger partial charge on any atom is -0.352 e. The second kappa shape index (κ2) is 5.63. The van der Waals surface area contributed by atoms with E-state index in [0.29, 0.717) is 16.6 Å². The van der Waals surface area contributed by atoms with Gasteiger partial charge in [-0.2, -0.15) is 0 Å². The predicted octanol–water partition coefficient (Wildman–Crippen LogP) is 3.51. The molecular weight excluding hydrogens is 285 g/mol. The van der Waals surface area contributed by atoms with Gasteiger partial charge in [-0.1, -0.05) is 19.3 Å². The van der Waals surface area contributed by atoms with Gasteiger partial charge in [0.05, 0.1) is 5.56 Å². The van der Waals surface area contributed by atoms with Crippen LogP contribution in [0, 0.1) is 11.7 Å². The van der Waals surface area contributed by atoms with Crippen molar-refractivity contribution < 1.29 is 9.18 Å². The van der Waals surface area contributed by atoms with Gasteiger partial charge in [0, 0.05) is 11.0 Å². The lowest BCUT2D eigenvalue weighted by molar-refractivity contribution is 0.0947. The molecule has 0 aliphatic heterocycles. The van der Waals surface area contributed by atoms with Crippen molar-refractivity contribution in [1.82, 2.24) is 5.32 Å². The van der Waals surface area contributed by atoms with Crippen molar-refractivity contribution >= 4 is 21.8 Å². The van der Waals surface area contributed by atoms with E-state index in [1.165, 1.54) is 31.4 Å². The molecule has 1 saturated carbocycles. The van der Waals surface area contributed by atoms with Crippen LogP contribution in [0.4, 0.5) is 4.39 Å². The number of carbonyl (C=O) groups is 1. The first-order valence-corrected chi connectivity index (χ1v) is 6.69. The zero-order valence-corrected chi connectivity index (χ0v) is 11.1. The number of amides is 1. The average molecular weight is 300 g/mol. The van der Waals surface area contributed by atoms with Gasteiger partial charge in [0.25, 0.3) is 5.91 Å². The highest BCUT2D eigenvalue weighted by molar-refractivity contribution is 9.10. The van der Waals surface area contributed by atoms with Crippen molar-refractivity contribution in [3.05, 3.63) is 34.1 Å². The second-order valence-electron chi connectivity index (χ2n) is 4.47. The molecule has 1 fully saturated rings. The number of hydrogen-bond donors (Lipinski definition) is 1. The molecule has 17 heavy (non-hydrogen) atoms. The van der Waals surface area contributed by atoms with E-state index in [1.54, 1.807) is 6.07 Å². The Hall–Kier alpha value is -0.900. The fourth-order valence-corrected chi connectivity index (χ4v) is 2.36. The van der Waals surface area contributed by atoms with E-state index >= 15 is 0 Å². The topological polar surface area (TPSA) is 29.1 Å². The molecule has 1 amide bonds. The Labute approximate surface area is 109 Å². The third kappa shape index (κ3) is 3.28. The van der Waals surface area contributed by atoms with Crippen molar-refractivity contribution in [2.75, 3.05) is 6.54 Å². The van der Waals surface area contributed by atoms with Crippen molar-refractivity contribution in [2.24, 2.45) is 5.92 Å². The molecule has 1 aromatic rings. The molecule has 1 aliphatic rings. The summed E-state index contributed by atoms with van der Waals surface area (Å²) >= 11 is 3.25. The molecular formula is C13H15BrFNO. The van der Waals surface area contributed by atoms with Gasteiger partial charge in [0.1, 0.15) is 5.82 Å². The van der Waals surface area contributed by atoms with Crippen LogP contribution in [0.2, 0.25) is 0 Å². The molecule has 2 nitrogen and oxygen atoms in total. The fourth-order valence-electron chi connectivity index (χ4n) is 1.94. The maximum absolute atomic E-state index is 13.0. The van der Waals surface area contributed by atoms with Crippen molar-refractivity contribution in [3.63, 3.8) is 0 Å². The Kier molecular flexibility index (Phi) is 4.15. The number of carbonyl (C=O) groups excluding carboxylic acids is 1. The molecule has 0 radical (unpaired) electrons. The Bertz CT molecular complexity index is 418. The molecule has 1 aromatic carbocycles. The van der Waals surface area contributed by atoms with Crippen LogP contribution in [0.25, 0.3) is 0 Å². The molecule has 2 rings (SSSR count). The molecule has 92 valence electrons. The molecule has 1 aliphatic carbocycles. The summed E-state index contributed by atoms with van der Waals surface area (Å²) in [6.45, 7) is 0.673. The summed E-state index contributed by atoms with van der Waals surface area (Å²) in [6.07, 6.45) is 4.89. The molecule has 0 aromatic heterocycles. The Balaban J connectivity index is 1.87. The van der Waals surface area contributed by atoms with Crippen LogP contribution in [0.15, 0.2) is 22.7 Å². The molecule has 0 unspecified atom stereocenters. The summed E-state index contributed by atoms with van der Waals surface area (Å²) in [5.41, 5.74) is 0.360. The highest BCUT2D eigenvalue weighted by Crippen LogP contribution is 2.28. The molecule has 0 spiro atoms. The van der Waals surface area contributed by atoms with Crippen LogP contribution in [0.1, 0.15) is 36.0 Å². The van der Waals surface area contributed by atoms with Gasteiger partial charge in [-0.25, -0.2) is 4.39 Å². The first-order chi connectivity index (χ1) is 8.16. The first kappa shape index (κ1) is 12.6. The van der Waals surface area contributed by atoms with E-state index in [1.807, 2.05) is 0 Å². The minimum absolute atomic E-state index is 0.212. The third-order valence-electron chi connectivity index (χ3n) is 3.24. The van der Waals surface area contributed by atoms with Crippen molar-refractivity contribution in [2.45, 2.75) is 25.7 Å². The normalized spacial score (nSPS) is 15.4. The van der Waals surface area contributed by atoms with E-state index in [0.717, 1.165) is 12.3 Å². The van der Waals surface area contributed by atoms with Gasteiger partial charge in [-0.15, -0.1) is 0 Å². The number of rotatable bonds is 4. The van der Waals surface area contributed by atoms with E-state index < -0.39 is 5.82 Å². The summed E-state index contributed by atoms with van der Waals surface area (Å²) in [6, 6.07) is 4.13. The van der Waals surface area contributed by atoms with Crippen molar-refractivity contribution in [3.8, 4) is 0 Å². The molecule has 0 atom stereocenters. The Morgan fingerprint density at radius 2 is 2.24 bits per heavy atom. The van der Waals surface area contributed by atoms with Crippen LogP contribution < -0.4 is 5.32 Å². The summed E-state index contributed by atoms with van der Waals surface area (Å²) in [7, 11) is 0. The van der Waals surface area contributed by atoms with Gasteiger partial charge in [0.2, 0.25) is 0 Å². The zero-order chi connectivity index (χ0) is 12.3. The molecule has 0 saturated heterocycles. The summed E-state index contributed by atoms with van der Waals surface area (Å²) in [4.78, 5) is 11.8. The fraction of sp³-hybridized carbons (Fsp3) is 0.462. The van der Waals surface area contributed by atoms with Gasteiger partial charge < -0.3 is 5.32 Å². The number of nitrogens with one attached hydrogen (secondary N) is 1. The van der Waals surface area contributed by atoms with Gasteiger partial charge in [-0.05, 0) is 46.5 Å². The quantitative estimate of drug-likeness (QED) is 0.906. The largest absolute Gasteiger partial charge is 0.352 e. The Morgan fingerprint density at radius 3 is 2.88 bits per heavy atom. The van der Waals surface area contributed by atoms with Crippen LogP contribution in [0.3, 0.4) is 0 Å². The standard InChI is InChI=1S/C13H15BrFNO/c14-12-5-4-10(15)8-11(12)13(17)16-7-6-9-2-1-3-9/h4-5,8-9H,1-3,6-7H2,(H,16,17). The summed E-state index contributed by atoms with van der Waals surface area (Å²) in [5.74, 6) is 0.166. The molecule has 0 heterocycles. The van der Waals surface area contributed by atoms with E-state index in [9.17, 15) is 9.18 Å². The first-order valence-electron chi connectivity index (χ1n) is 5.90. The highest BCUT2D eigenvalue weighted by Gasteiger charge is 2.17. The van der Waals surface area contributed by atoms with E-state index in [-0.39, 0.29) is 5.91 Å². The lowest BCUT2D eigenvalue weighted by Gasteiger charge is -2.25. The van der Waals surface area contributed by atoms with E-state index in [4.69, 9.17) is 0 Å². The second-order valence-corrected chi connectivity index (χ2v) is 5.32. The molecule has 4 heteroatoms. The van der Waals surface area contributed by atoms with Gasteiger partial charge in [-0.3, -0.25) is 4.79 Å². The van der Waals surface area contributed by atoms with E-state index in [2.05, 4.69) is 21.2 Å². The zero-order valence-electron chi connectivity index (χ0n) is 9.51. The minimum atomic E-state index is -0.391. The van der Waals surface area contributed by atoms with Crippen LogP contribution in [-0.2, 0) is 0 Å². The Morgan fingerprint density at radius 1 is 1.47 bits per heavy atom. The lowest BCUT2D eigenvalue weighted by Crippen LogP contribution is -2.27. The maximum atomic E-state index is 13.0. The average Bonchev–Trinajstić information content (AvgIpc) is 2.25. The number of halogens is 2. The third-order valence-corrected chi connectivity index (χ3v) is 3.93.